The van der Waals surface area contributed by atoms with Gasteiger partial charge in [0, 0.05) is 11.5 Å². The lowest BCUT2D eigenvalue weighted by Gasteiger charge is -2.39. The Balaban J connectivity index is 1.80. The molecule has 3 rings (SSSR count). The van der Waals surface area contributed by atoms with Crippen LogP contribution in [0.4, 0.5) is 0 Å². The minimum atomic E-state index is -1.55. The molecular weight excluding hydrogens is 516 g/mol. The molecule has 0 radical (unpaired) electrons. The van der Waals surface area contributed by atoms with E-state index in [-0.39, 0.29) is 23.7 Å². The van der Waals surface area contributed by atoms with E-state index in [1.54, 1.807) is 42.5 Å². The van der Waals surface area contributed by atoms with Crippen molar-refractivity contribution in [1.82, 2.24) is 0 Å². The maximum Gasteiger partial charge on any atom is 0.187 e. The van der Waals surface area contributed by atoms with Crippen LogP contribution in [-0.4, -0.2) is 108 Å². The minimum Gasteiger partial charge on any atom is -0.504 e. The van der Waals surface area contributed by atoms with Crippen LogP contribution in [0.3, 0.4) is 0 Å². The second kappa shape index (κ2) is 13.9. The van der Waals surface area contributed by atoms with E-state index in [9.17, 15) is 35.7 Å². The number of aliphatic hydroxyl groups excluding tert-OH is 6. The molecule has 12 nitrogen and oxygen atoms in total. The van der Waals surface area contributed by atoms with Gasteiger partial charge in [0.25, 0.3) is 0 Å². The van der Waals surface area contributed by atoms with Crippen molar-refractivity contribution < 1.29 is 59.4 Å². The number of benzene rings is 2. The second-order valence-electron chi connectivity index (χ2n) is 8.94. The fourth-order valence-corrected chi connectivity index (χ4v) is 4.36. The number of aromatic hydroxyl groups is 1. The number of aliphatic hydroxyl groups is 6. The van der Waals surface area contributed by atoms with Crippen molar-refractivity contribution in [1.29, 1.82) is 0 Å². The fraction of sp³-hybridized carbons (Fsp3) is 0.481. The molecule has 12 heteroatoms. The van der Waals surface area contributed by atoms with Crippen LogP contribution in [-0.2, 0) is 9.47 Å². The lowest BCUT2D eigenvalue weighted by Crippen LogP contribution is -2.59. The van der Waals surface area contributed by atoms with Crippen LogP contribution < -0.4 is 14.2 Å². The van der Waals surface area contributed by atoms with Gasteiger partial charge in [-0.1, -0.05) is 18.2 Å². The van der Waals surface area contributed by atoms with Crippen molar-refractivity contribution in [3.8, 4) is 23.0 Å². The molecule has 7 N–H and O–H groups in total. The monoisotopic (exact) mass is 552 g/mol. The molecule has 2 aromatic rings. The zero-order valence-electron chi connectivity index (χ0n) is 21.9. The molecule has 0 aliphatic carbocycles. The first-order valence-electron chi connectivity index (χ1n) is 12.2. The number of phenols is 1. The largest absolute Gasteiger partial charge is 0.504 e. The van der Waals surface area contributed by atoms with Gasteiger partial charge in [-0.3, -0.25) is 0 Å². The fourth-order valence-electron chi connectivity index (χ4n) is 4.36. The highest BCUT2D eigenvalue weighted by molar-refractivity contribution is 5.60. The third-order valence-corrected chi connectivity index (χ3v) is 6.59. The standard InChI is InChI=1S/C27H36O12/c1-35-18-7-6-15(11-19(18)36-2)22(30)17(12-28)16-9-14(10-20(37-3)23(16)31)5-4-8-38-27-26(34)25(33)24(32)21(13-29)39-27/h4-7,9-11,17,21-22,24-34H,8,12-13H2,1-3H3/b5-4+/t17?,21-,22?,24-,25+,26-,27-/m1/s1. The Morgan fingerprint density at radius 1 is 0.897 bits per heavy atom. The summed E-state index contributed by atoms with van der Waals surface area (Å²) in [5.41, 5.74) is 1.20. The summed E-state index contributed by atoms with van der Waals surface area (Å²) in [5, 5.41) is 71.3. The van der Waals surface area contributed by atoms with E-state index >= 15 is 0 Å². The topological polar surface area (TPSA) is 188 Å². The van der Waals surface area contributed by atoms with E-state index in [1.165, 1.54) is 21.3 Å². The molecule has 1 fully saturated rings. The maximum atomic E-state index is 11.1. The molecule has 7 atom stereocenters. The van der Waals surface area contributed by atoms with Gasteiger partial charge in [0.15, 0.2) is 29.3 Å². The molecule has 1 aliphatic heterocycles. The Labute approximate surface area is 225 Å². The van der Waals surface area contributed by atoms with Gasteiger partial charge in [-0.05, 0) is 35.4 Å². The Kier molecular flexibility index (Phi) is 10.9. The van der Waals surface area contributed by atoms with Gasteiger partial charge in [-0.15, -0.1) is 0 Å². The minimum absolute atomic E-state index is 0.0844. The zero-order chi connectivity index (χ0) is 28.7. The van der Waals surface area contributed by atoms with E-state index in [1.807, 2.05) is 0 Å². The summed E-state index contributed by atoms with van der Waals surface area (Å²) < 4.78 is 26.6. The van der Waals surface area contributed by atoms with Gasteiger partial charge in [0.05, 0.1) is 47.3 Å². The summed E-state index contributed by atoms with van der Waals surface area (Å²) in [6.45, 7) is -1.16. The second-order valence-corrected chi connectivity index (χ2v) is 8.94. The summed E-state index contributed by atoms with van der Waals surface area (Å²) in [7, 11) is 4.32. The van der Waals surface area contributed by atoms with Gasteiger partial charge in [0.1, 0.15) is 24.4 Å². The quantitative estimate of drug-likeness (QED) is 0.188. The number of hydrogen-bond acceptors (Lipinski definition) is 12. The van der Waals surface area contributed by atoms with Crippen molar-refractivity contribution in [3.63, 3.8) is 0 Å². The average Bonchev–Trinajstić information content (AvgIpc) is 2.96. The van der Waals surface area contributed by atoms with Crippen molar-refractivity contribution in [2.45, 2.75) is 42.7 Å². The van der Waals surface area contributed by atoms with Gasteiger partial charge < -0.3 is 59.4 Å². The smallest absolute Gasteiger partial charge is 0.187 e. The van der Waals surface area contributed by atoms with Crippen LogP contribution in [0.2, 0.25) is 0 Å². The van der Waals surface area contributed by atoms with Gasteiger partial charge in [0.2, 0.25) is 0 Å². The molecular formula is C27H36O12. The van der Waals surface area contributed by atoms with Crippen molar-refractivity contribution in [3.05, 3.63) is 53.1 Å². The summed E-state index contributed by atoms with van der Waals surface area (Å²) in [5.74, 6) is -0.207. The number of methoxy groups -OCH3 is 3. The van der Waals surface area contributed by atoms with Crippen LogP contribution in [0.25, 0.3) is 6.08 Å². The number of hydrogen-bond donors (Lipinski definition) is 7. The first-order chi connectivity index (χ1) is 18.7. The van der Waals surface area contributed by atoms with Crippen LogP contribution in [0.5, 0.6) is 23.0 Å². The normalized spacial score (nSPS) is 24.9. The molecule has 0 aromatic heterocycles. The Morgan fingerprint density at radius 3 is 2.21 bits per heavy atom. The summed E-state index contributed by atoms with van der Waals surface area (Å²) >= 11 is 0. The summed E-state index contributed by atoms with van der Waals surface area (Å²) in [6.07, 6.45) is -4.99. The molecule has 1 saturated heterocycles. The highest BCUT2D eigenvalue weighted by atomic mass is 16.7. The first kappa shape index (κ1) is 30.6. The molecule has 0 spiro atoms. The van der Waals surface area contributed by atoms with Crippen LogP contribution >= 0.6 is 0 Å². The van der Waals surface area contributed by atoms with Crippen LogP contribution in [0.1, 0.15) is 28.7 Å². The molecule has 0 bridgehead atoms. The van der Waals surface area contributed by atoms with Crippen molar-refractivity contribution in [2.24, 2.45) is 0 Å². The molecule has 0 saturated carbocycles. The van der Waals surface area contributed by atoms with Crippen LogP contribution in [0, 0.1) is 0 Å². The SMILES string of the molecule is COc1ccc(C(O)C(CO)c2cc(/C=C/CO[C@@H]3O[C@H](CO)[C@@H](O)[C@H](O)[C@H]3O)cc(OC)c2O)cc1OC. The van der Waals surface area contributed by atoms with Gasteiger partial charge in [-0.25, -0.2) is 0 Å². The number of rotatable bonds is 12. The molecule has 1 aliphatic rings. The highest BCUT2D eigenvalue weighted by Gasteiger charge is 2.43. The van der Waals surface area contributed by atoms with Gasteiger partial charge >= 0.3 is 0 Å². The third-order valence-electron chi connectivity index (χ3n) is 6.59. The highest BCUT2D eigenvalue weighted by Crippen LogP contribution is 2.42. The average molecular weight is 553 g/mol. The molecule has 2 aromatic carbocycles. The predicted octanol–water partition coefficient (Wildman–Crippen LogP) is 0.0572. The van der Waals surface area contributed by atoms with E-state index in [4.69, 9.17) is 23.7 Å². The lowest BCUT2D eigenvalue weighted by molar-refractivity contribution is -0.298. The first-order valence-corrected chi connectivity index (χ1v) is 12.2. The molecule has 216 valence electrons. The Morgan fingerprint density at radius 2 is 1.59 bits per heavy atom. The van der Waals surface area contributed by atoms with Gasteiger partial charge in [-0.2, -0.15) is 0 Å². The molecule has 1 heterocycles. The number of phenolic OH excluding ortho intramolecular Hbond substituents is 1. The van der Waals surface area contributed by atoms with Crippen molar-refractivity contribution in [2.75, 3.05) is 41.2 Å². The summed E-state index contributed by atoms with van der Waals surface area (Å²) in [4.78, 5) is 0. The maximum absolute atomic E-state index is 11.1. The van der Waals surface area contributed by atoms with E-state index in [0.29, 0.717) is 22.6 Å². The number of ether oxygens (including phenoxy) is 5. The Hall–Kier alpha value is -2.94. The van der Waals surface area contributed by atoms with E-state index in [2.05, 4.69) is 0 Å². The lowest BCUT2D eigenvalue weighted by atomic mass is 9.87. The zero-order valence-corrected chi connectivity index (χ0v) is 21.9. The third kappa shape index (κ3) is 6.80. The molecule has 2 unspecified atom stereocenters. The molecule has 39 heavy (non-hydrogen) atoms. The summed E-state index contributed by atoms with van der Waals surface area (Å²) in [6, 6.07) is 7.96. The predicted molar refractivity (Wildman–Crippen MR) is 138 cm³/mol. The molecule has 0 amide bonds. The van der Waals surface area contributed by atoms with Crippen molar-refractivity contribution >= 4 is 6.08 Å². The van der Waals surface area contributed by atoms with E-state index in [0.717, 1.165) is 0 Å². The Bertz CT molecular complexity index is 1100. The van der Waals surface area contributed by atoms with E-state index < -0.39 is 55.9 Å². The van der Waals surface area contributed by atoms with Crippen LogP contribution in [0.15, 0.2) is 36.4 Å².